The Labute approximate surface area is 151 Å². The van der Waals surface area contributed by atoms with E-state index in [0.717, 1.165) is 30.7 Å². The maximum Gasteiger partial charge on any atom is 0.325 e. The number of aromatic nitrogens is 3. The lowest BCUT2D eigenvalue weighted by Gasteiger charge is -2.32. The summed E-state index contributed by atoms with van der Waals surface area (Å²) in [6, 6.07) is 3.55. The maximum atomic E-state index is 12.8. The minimum atomic E-state index is -0.932. The molecule has 2 aromatic rings. The van der Waals surface area contributed by atoms with Crippen molar-refractivity contribution in [2.24, 2.45) is 5.92 Å². The Kier molecular flexibility index (Phi) is 5.39. The molecule has 1 atom stereocenters. The lowest BCUT2D eigenvalue weighted by molar-refractivity contribution is -0.137. The number of carboxylic acid groups (broad SMARTS) is 1. The third-order valence-corrected chi connectivity index (χ3v) is 4.55. The van der Waals surface area contributed by atoms with Crippen LogP contribution in [0.3, 0.4) is 0 Å². The van der Waals surface area contributed by atoms with Crippen LogP contribution < -0.4 is 0 Å². The van der Waals surface area contributed by atoms with Crippen LogP contribution in [0.2, 0.25) is 0 Å². The van der Waals surface area contributed by atoms with E-state index in [1.807, 2.05) is 6.07 Å². The molecule has 3 heterocycles. The number of carbonyl (C=O) groups is 2. The molecule has 1 N–H and O–H groups in total. The highest BCUT2D eigenvalue weighted by Gasteiger charge is 2.29. The molecule has 0 bridgehead atoms. The average Bonchev–Trinajstić information content (AvgIpc) is 3.23. The second-order valence-electron chi connectivity index (χ2n) is 7.18. The highest BCUT2D eigenvalue weighted by Crippen LogP contribution is 2.28. The molecule has 0 spiro atoms. The number of rotatable bonds is 6. The first-order chi connectivity index (χ1) is 12.4. The van der Waals surface area contributed by atoms with E-state index in [1.165, 1.54) is 4.68 Å². The topological polar surface area (TPSA) is 101 Å². The zero-order valence-electron chi connectivity index (χ0n) is 15.1. The van der Waals surface area contributed by atoms with Crippen LogP contribution in [0.4, 0.5) is 0 Å². The molecule has 1 aliphatic heterocycles. The predicted octanol–water partition coefficient (Wildman–Crippen LogP) is 2.17. The largest absolute Gasteiger partial charge is 0.480 e. The van der Waals surface area contributed by atoms with E-state index < -0.39 is 5.97 Å². The lowest BCUT2D eigenvalue weighted by atomic mass is 9.94. The number of likely N-dealkylation sites (tertiary alicyclic amines) is 1. The van der Waals surface area contributed by atoms with Gasteiger partial charge in [0.25, 0.3) is 5.91 Å². The van der Waals surface area contributed by atoms with E-state index in [4.69, 9.17) is 9.63 Å². The number of carboxylic acids is 1. The maximum absolute atomic E-state index is 12.8. The van der Waals surface area contributed by atoms with Gasteiger partial charge in [0.15, 0.2) is 0 Å². The van der Waals surface area contributed by atoms with Gasteiger partial charge in [-0.2, -0.15) is 5.10 Å². The number of hydrogen-bond acceptors (Lipinski definition) is 5. The Morgan fingerprint density at radius 2 is 2.23 bits per heavy atom. The summed E-state index contributed by atoms with van der Waals surface area (Å²) in [6.07, 6.45) is 4.12. The first kappa shape index (κ1) is 18.2. The summed E-state index contributed by atoms with van der Waals surface area (Å²) in [4.78, 5) is 25.5. The number of carbonyl (C=O) groups excluding carboxylic acids is 1. The highest BCUT2D eigenvalue weighted by molar-refractivity contribution is 5.91. The van der Waals surface area contributed by atoms with Gasteiger partial charge in [-0.25, -0.2) is 0 Å². The number of nitrogens with zero attached hydrogens (tertiary/aromatic N) is 4. The molecule has 0 saturated carbocycles. The minimum absolute atomic E-state index is 0.0626. The Bertz CT molecular complexity index is 780. The summed E-state index contributed by atoms with van der Waals surface area (Å²) in [5.41, 5.74) is 1.64. The van der Waals surface area contributed by atoms with Crippen LogP contribution >= 0.6 is 0 Å². The second-order valence-corrected chi connectivity index (χ2v) is 7.18. The molecule has 1 unspecified atom stereocenters. The smallest absolute Gasteiger partial charge is 0.325 e. The SMILES string of the molecule is CC(C)Cc1cc(C(=O)N2CCCC(c3ccnn3CC(=O)O)C2)on1. The highest BCUT2D eigenvalue weighted by atomic mass is 16.5. The Balaban J connectivity index is 1.70. The van der Waals surface area contributed by atoms with Gasteiger partial charge < -0.3 is 14.5 Å². The van der Waals surface area contributed by atoms with Gasteiger partial charge in [-0.15, -0.1) is 0 Å². The van der Waals surface area contributed by atoms with Crippen LogP contribution in [-0.2, 0) is 17.8 Å². The van der Waals surface area contributed by atoms with Crippen LogP contribution in [0, 0.1) is 5.92 Å². The average molecular weight is 360 g/mol. The van der Waals surface area contributed by atoms with E-state index in [1.54, 1.807) is 17.2 Å². The van der Waals surface area contributed by atoms with Crippen molar-refractivity contribution in [3.8, 4) is 0 Å². The molecule has 8 nitrogen and oxygen atoms in total. The lowest BCUT2D eigenvalue weighted by Crippen LogP contribution is -2.39. The molecule has 140 valence electrons. The molecule has 2 aromatic heterocycles. The molecule has 0 aliphatic carbocycles. The van der Waals surface area contributed by atoms with Gasteiger partial charge in [-0.3, -0.25) is 14.3 Å². The van der Waals surface area contributed by atoms with Crippen LogP contribution in [0.5, 0.6) is 0 Å². The molecule has 26 heavy (non-hydrogen) atoms. The van der Waals surface area contributed by atoms with Gasteiger partial charge in [0.1, 0.15) is 6.54 Å². The summed E-state index contributed by atoms with van der Waals surface area (Å²) in [5, 5.41) is 17.1. The van der Waals surface area contributed by atoms with E-state index in [2.05, 4.69) is 24.1 Å². The van der Waals surface area contributed by atoms with Crippen molar-refractivity contribution in [1.29, 1.82) is 0 Å². The Morgan fingerprint density at radius 1 is 1.42 bits per heavy atom. The Morgan fingerprint density at radius 3 is 2.96 bits per heavy atom. The van der Waals surface area contributed by atoms with Crippen molar-refractivity contribution in [2.75, 3.05) is 13.1 Å². The monoisotopic (exact) mass is 360 g/mol. The van der Waals surface area contributed by atoms with Crippen molar-refractivity contribution in [3.05, 3.63) is 35.5 Å². The number of piperidine rings is 1. The fraction of sp³-hybridized carbons (Fsp3) is 0.556. The molecule has 1 amide bonds. The summed E-state index contributed by atoms with van der Waals surface area (Å²) in [6.45, 7) is 5.18. The molecule has 1 saturated heterocycles. The molecule has 1 aliphatic rings. The van der Waals surface area contributed by atoms with Gasteiger partial charge in [0, 0.05) is 37.0 Å². The fourth-order valence-corrected chi connectivity index (χ4v) is 3.44. The van der Waals surface area contributed by atoms with Gasteiger partial charge in [-0.05, 0) is 31.2 Å². The van der Waals surface area contributed by atoms with Gasteiger partial charge in [0.2, 0.25) is 5.76 Å². The van der Waals surface area contributed by atoms with Crippen LogP contribution in [-0.4, -0.2) is 49.9 Å². The van der Waals surface area contributed by atoms with Crippen molar-refractivity contribution in [3.63, 3.8) is 0 Å². The molecular formula is C18H24N4O4. The number of amides is 1. The molecular weight excluding hydrogens is 336 g/mol. The fourth-order valence-electron chi connectivity index (χ4n) is 3.44. The minimum Gasteiger partial charge on any atom is -0.480 e. The van der Waals surface area contributed by atoms with Gasteiger partial charge >= 0.3 is 5.97 Å². The molecule has 0 aromatic carbocycles. The van der Waals surface area contributed by atoms with Crippen molar-refractivity contribution < 1.29 is 19.2 Å². The van der Waals surface area contributed by atoms with Crippen molar-refractivity contribution in [2.45, 2.75) is 45.6 Å². The summed E-state index contributed by atoms with van der Waals surface area (Å²) in [5.74, 6) is -0.329. The van der Waals surface area contributed by atoms with Gasteiger partial charge in [0.05, 0.1) is 5.69 Å². The van der Waals surface area contributed by atoms with E-state index >= 15 is 0 Å². The third-order valence-electron chi connectivity index (χ3n) is 4.55. The van der Waals surface area contributed by atoms with E-state index in [-0.39, 0.29) is 24.1 Å². The first-order valence-electron chi connectivity index (χ1n) is 8.92. The third kappa shape index (κ3) is 4.12. The summed E-state index contributed by atoms with van der Waals surface area (Å²) >= 11 is 0. The van der Waals surface area contributed by atoms with Crippen LogP contribution in [0.25, 0.3) is 0 Å². The van der Waals surface area contributed by atoms with Crippen LogP contribution in [0.15, 0.2) is 22.9 Å². The molecule has 0 radical (unpaired) electrons. The zero-order chi connectivity index (χ0) is 18.7. The van der Waals surface area contributed by atoms with E-state index in [9.17, 15) is 9.59 Å². The quantitative estimate of drug-likeness (QED) is 0.847. The standard InChI is InChI=1S/C18H24N4O4/c1-12(2)8-14-9-16(26-20-14)18(25)21-7-3-4-13(10-21)15-5-6-19-22(15)11-17(23)24/h5-6,9,12-13H,3-4,7-8,10-11H2,1-2H3,(H,23,24). The van der Waals surface area contributed by atoms with Crippen LogP contribution in [0.1, 0.15) is 54.5 Å². The molecule has 3 rings (SSSR count). The molecule has 8 heteroatoms. The van der Waals surface area contributed by atoms with Crippen molar-refractivity contribution >= 4 is 11.9 Å². The summed E-state index contributed by atoms with van der Waals surface area (Å²) < 4.78 is 6.74. The van der Waals surface area contributed by atoms with Crippen molar-refractivity contribution in [1.82, 2.24) is 19.8 Å². The summed E-state index contributed by atoms with van der Waals surface area (Å²) in [7, 11) is 0. The van der Waals surface area contributed by atoms with Gasteiger partial charge in [-0.1, -0.05) is 19.0 Å². The zero-order valence-corrected chi connectivity index (χ0v) is 15.1. The van der Waals surface area contributed by atoms with E-state index in [0.29, 0.717) is 19.0 Å². The first-order valence-corrected chi connectivity index (χ1v) is 8.92. The predicted molar refractivity (Wildman–Crippen MR) is 92.8 cm³/mol. The molecule has 1 fully saturated rings. The normalized spacial score (nSPS) is 17.7. The second kappa shape index (κ2) is 7.72. The number of aliphatic carboxylic acids is 1. The number of hydrogen-bond donors (Lipinski definition) is 1. The Hall–Kier alpha value is -2.64.